The Balaban J connectivity index is 1.46. The average molecular weight is 565 g/mol. The van der Waals surface area contributed by atoms with Crippen molar-refractivity contribution in [1.82, 2.24) is 29.1 Å². The summed E-state index contributed by atoms with van der Waals surface area (Å²) in [5.74, 6) is 1.79. The van der Waals surface area contributed by atoms with Crippen LogP contribution in [0.2, 0.25) is 0 Å². The van der Waals surface area contributed by atoms with Gasteiger partial charge in [0.1, 0.15) is 0 Å². The number of pyridine rings is 1. The van der Waals surface area contributed by atoms with Gasteiger partial charge in [0.15, 0.2) is 11.6 Å². The number of aromatic nitrogens is 6. The fourth-order valence-corrected chi connectivity index (χ4v) is 6.30. The summed E-state index contributed by atoms with van der Waals surface area (Å²) in [4.78, 5) is 20.3. The fraction of sp³-hybridized carbons (Fsp3) is 0. The van der Waals surface area contributed by atoms with Crippen molar-refractivity contribution in [1.29, 1.82) is 0 Å². The van der Waals surface area contributed by atoms with Gasteiger partial charge in [-0.2, -0.15) is 9.97 Å². The SMILES string of the molecule is c1ccc(-c2nc(-c3ccccc3)nc(-n3c4ccccc4c4ncc5c(c6ccccc6n5-c5ccccc5)c43)n2)cc1. The first kappa shape index (κ1) is 24.5. The lowest BCUT2D eigenvalue weighted by Crippen LogP contribution is -2.06. The molecule has 0 aliphatic carbocycles. The Kier molecular flexibility index (Phi) is 5.40. The van der Waals surface area contributed by atoms with E-state index in [2.05, 4.69) is 81.9 Å². The molecule has 0 unspecified atom stereocenters. The lowest BCUT2D eigenvalue weighted by molar-refractivity contribution is 0.954. The van der Waals surface area contributed by atoms with E-state index in [1.807, 2.05) is 72.9 Å². The van der Waals surface area contributed by atoms with Gasteiger partial charge in [0.2, 0.25) is 5.95 Å². The number of para-hydroxylation sites is 3. The predicted octanol–water partition coefficient (Wildman–Crippen LogP) is 8.79. The molecule has 206 valence electrons. The molecule has 0 fully saturated rings. The van der Waals surface area contributed by atoms with E-state index >= 15 is 0 Å². The fourth-order valence-electron chi connectivity index (χ4n) is 6.30. The Bertz CT molecular complexity index is 2420. The van der Waals surface area contributed by atoms with Crippen LogP contribution in [0.4, 0.5) is 0 Å². The number of fused-ring (bicyclic) bond motifs is 7. The van der Waals surface area contributed by atoms with Gasteiger partial charge in [-0.3, -0.25) is 9.55 Å². The van der Waals surface area contributed by atoms with Gasteiger partial charge < -0.3 is 4.57 Å². The van der Waals surface area contributed by atoms with Gasteiger partial charge in [-0.15, -0.1) is 0 Å². The van der Waals surface area contributed by atoms with Gasteiger partial charge in [-0.1, -0.05) is 115 Å². The Morgan fingerprint density at radius 1 is 0.432 bits per heavy atom. The molecular weight excluding hydrogens is 540 g/mol. The highest BCUT2D eigenvalue weighted by Gasteiger charge is 2.23. The molecule has 4 aromatic heterocycles. The van der Waals surface area contributed by atoms with E-state index in [4.69, 9.17) is 19.9 Å². The maximum Gasteiger partial charge on any atom is 0.238 e. The highest BCUT2D eigenvalue weighted by molar-refractivity contribution is 6.24. The van der Waals surface area contributed by atoms with Crippen molar-refractivity contribution in [3.63, 3.8) is 0 Å². The van der Waals surface area contributed by atoms with Gasteiger partial charge in [0.05, 0.1) is 33.8 Å². The van der Waals surface area contributed by atoms with Crippen LogP contribution in [0, 0.1) is 0 Å². The molecule has 0 saturated heterocycles. The van der Waals surface area contributed by atoms with Gasteiger partial charge in [0.25, 0.3) is 0 Å². The molecule has 4 heterocycles. The number of rotatable bonds is 4. The van der Waals surface area contributed by atoms with Crippen LogP contribution in [0.3, 0.4) is 0 Å². The van der Waals surface area contributed by atoms with Crippen LogP contribution >= 0.6 is 0 Å². The maximum atomic E-state index is 5.13. The second-order valence-corrected chi connectivity index (χ2v) is 10.8. The van der Waals surface area contributed by atoms with Crippen molar-refractivity contribution in [2.24, 2.45) is 0 Å². The van der Waals surface area contributed by atoms with E-state index in [-0.39, 0.29) is 0 Å². The zero-order valence-corrected chi connectivity index (χ0v) is 23.5. The highest BCUT2D eigenvalue weighted by Crippen LogP contribution is 2.40. The molecular formula is C38H24N6. The molecule has 0 saturated carbocycles. The minimum Gasteiger partial charge on any atom is -0.308 e. The van der Waals surface area contributed by atoms with Gasteiger partial charge in [0, 0.05) is 33.0 Å². The molecule has 6 heteroatoms. The molecule has 9 aromatic rings. The van der Waals surface area contributed by atoms with Crippen LogP contribution in [0.5, 0.6) is 0 Å². The summed E-state index contributed by atoms with van der Waals surface area (Å²) in [6, 6.07) is 47.5. The molecule has 0 atom stereocenters. The summed E-state index contributed by atoms with van der Waals surface area (Å²) in [6.45, 7) is 0. The van der Waals surface area contributed by atoms with Crippen molar-refractivity contribution in [2.75, 3.05) is 0 Å². The number of nitrogens with zero attached hydrogens (tertiary/aromatic N) is 6. The molecule has 0 aliphatic rings. The largest absolute Gasteiger partial charge is 0.308 e. The summed E-state index contributed by atoms with van der Waals surface area (Å²) in [5.41, 5.74) is 7.95. The Hall–Kier alpha value is -6.14. The topological polar surface area (TPSA) is 61.4 Å². The third-order valence-electron chi connectivity index (χ3n) is 8.21. The number of hydrogen-bond donors (Lipinski definition) is 0. The molecule has 0 radical (unpaired) electrons. The van der Waals surface area contributed by atoms with E-state index in [1.165, 1.54) is 0 Å². The first-order chi connectivity index (χ1) is 21.8. The van der Waals surface area contributed by atoms with Crippen molar-refractivity contribution in [2.45, 2.75) is 0 Å². The van der Waals surface area contributed by atoms with Crippen molar-refractivity contribution < 1.29 is 0 Å². The predicted molar refractivity (Wildman–Crippen MR) is 177 cm³/mol. The Morgan fingerprint density at radius 3 is 1.59 bits per heavy atom. The Labute approximate surface area is 252 Å². The van der Waals surface area contributed by atoms with Gasteiger partial charge >= 0.3 is 0 Å². The lowest BCUT2D eigenvalue weighted by Gasteiger charge is -2.11. The third kappa shape index (κ3) is 3.68. The van der Waals surface area contributed by atoms with Crippen LogP contribution in [0.15, 0.2) is 146 Å². The molecule has 0 aliphatic heterocycles. The van der Waals surface area contributed by atoms with Crippen molar-refractivity contribution in [3.8, 4) is 34.4 Å². The second kappa shape index (κ2) is 9.71. The summed E-state index contributed by atoms with van der Waals surface area (Å²) in [7, 11) is 0. The first-order valence-electron chi connectivity index (χ1n) is 14.6. The molecule has 5 aromatic carbocycles. The first-order valence-corrected chi connectivity index (χ1v) is 14.6. The zero-order chi connectivity index (χ0) is 29.0. The average Bonchev–Trinajstić information content (AvgIpc) is 3.62. The van der Waals surface area contributed by atoms with E-state index in [0.29, 0.717) is 17.6 Å². The minimum absolute atomic E-state index is 0.551. The van der Waals surface area contributed by atoms with Crippen LogP contribution in [-0.4, -0.2) is 29.1 Å². The quantitative estimate of drug-likeness (QED) is 0.214. The number of benzene rings is 5. The summed E-state index contributed by atoms with van der Waals surface area (Å²) in [5, 5.41) is 3.29. The Morgan fingerprint density at radius 2 is 0.955 bits per heavy atom. The molecule has 9 rings (SSSR count). The van der Waals surface area contributed by atoms with Gasteiger partial charge in [-0.05, 0) is 24.3 Å². The van der Waals surface area contributed by atoms with E-state index < -0.39 is 0 Å². The molecule has 6 nitrogen and oxygen atoms in total. The van der Waals surface area contributed by atoms with Crippen LogP contribution in [-0.2, 0) is 0 Å². The van der Waals surface area contributed by atoms with E-state index in [1.54, 1.807) is 0 Å². The van der Waals surface area contributed by atoms with E-state index in [9.17, 15) is 0 Å². The van der Waals surface area contributed by atoms with Crippen LogP contribution in [0.25, 0.3) is 78.2 Å². The third-order valence-corrected chi connectivity index (χ3v) is 8.21. The highest BCUT2D eigenvalue weighted by atomic mass is 15.2. The van der Waals surface area contributed by atoms with Crippen LogP contribution < -0.4 is 0 Å². The minimum atomic E-state index is 0.551. The molecule has 0 spiro atoms. The maximum absolute atomic E-state index is 5.13. The monoisotopic (exact) mass is 564 g/mol. The summed E-state index contributed by atoms with van der Waals surface area (Å²) < 4.78 is 4.46. The lowest BCUT2D eigenvalue weighted by atomic mass is 10.1. The number of hydrogen-bond acceptors (Lipinski definition) is 4. The molecule has 0 amide bonds. The van der Waals surface area contributed by atoms with Crippen LogP contribution in [0.1, 0.15) is 0 Å². The standard InChI is InChI=1S/C38H24N6/c1-4-14-25(15-5-1)36-40-37(26-16-6-2-7-17-26)42-38(41-36)44-31-23-13-11-21-29(31)34-35(44)33-28-20-10-12-22-30(28)43(32(33)24-39-34)27-18-8-3-9-19-27/h1-24H. The summed E-state index contributed by atoms with van der Waals surface area (Å²) in [6.07, 6.45) is 2.00. The molecule has 0 bridgehead atoms. The van der Waals surface area contributed by atoms with E-state index in [0.717, 1.165) is 60.6 Å². The van der Waals surface area contributed by atoms with Gasteiger partial charge in [-0.25, -0.2) is 4.98 Å². The molecule has 44 heavy (non-hydrogen) atoms. The van der Waals surface area contributed by atoms with Crippen molar-refractivity contribution >= 4 is 43.7 Å². The van der Waals surface area contributed by atoms with Crippen molar-refractivity contribution in [3.05, 3.63) is 146 Å². The normalized spacial score (nSPS) is 11.6. The zero-order valence-electron chi connectivity index (χ0n) is 23.5. The second-order valence-electron chi connectivity index (χ2n) is 10.8. The summed E-state index contributed by atoms with van der Waals surface area (Å²) >= 11 is 0. The molecule has 0 N–H and O–H groups in total. The smallest absolute Gasteiger partial charge is 0.238 e.